The van der Waals surface area contributed by atoms with Gasteiger partial charge in [0.1, 0.15) is 0 Å². The van der Waals surface area contributed by atoms with Crippen molar-refractivity contribution in [1.82, 2.24) is 4.98 Å². The van der Waals surface area contributed by atoms with Gasteiger partial charge in [0.2, 0.25) is 5.39 Å². The van der Waals surface area contributed by atoms with Gasteiger partial charge in [-0.1, -0.05) is 24.3 Å². The zero-order valence-corrected chi connectivity index (χ0v) is 10.3. The van der Waals surface area contributed by atoms with E-state index >= 15 is 0 Å². The van der Waals surface area contributed by atoms with Crippen molar-refractivity contribution < 1.29 is 0 Å². The van der Waals surface area contributed by atoms with Crippen LogP contribution in [0.5, 0.6) is 0 Å². The summed E-state index contributed by atoms with van der Waals surface area (Å²) in [6.07, 6.45) is 1.78. The number of pyridine rings is 1. The Hall–Kier alpha value is -2.93. The molecule has 0 bridgehead atoms. The average Bonchev–Trinajstić information content (AvgIpc) is 2.48. The lowest BCUT2D eigenvalue weighted by molar-refractivity contribution is 1.41. The van der Waals surface area contributed by atoms with Gasteiger partial charge in [0.15, 0.2) is 4.98 Å². The Morgan fingerprint density at radius 2 is 1.74 bits per heavy atom. The van der Waals surface area contributed by atoms with Crippen molar-refractivity contribution in [3.8, 4) is 0 Å². The summed E-state index contributed by atoms with van der Waals surface area (Å²) < 4.78 is 0. The van der Waals surface area contributed by atoms with Crippen molar-refractivity contribution >= 4 is 22.3 Å². The Balaban J connectivity index is 0.000000148. The lowest BCUT2D eigenvalue weighted by atomic mass is 10.2. The van der Waals surface area contributed by atoms with Crippen molar-refractivity contribution in [1.29, 1.82) is 5.39 Å². The van der Waals surface area contributed by atoms with E-state index in [0.717, 1.165) is 16.6 Å². The zero-order chi connectivity index (χ0) is 13.5. The van der Waals surface area contributed by atoms with Gasteiger partial charge in [-0.3, -0.25) is 4.98 Å². The highest BCUT2D eigenvalue weighted by atomic mass is 14.8. The van der Waals surface area contributed by atoms with Gasteiger partial charge in [-0.15, -0.1) is 0 Å². The van der Waals surface area contributed by atoms with Crippen LogP contribution in [0.25, 0.3) is 15.9 Å². The van der Waals surface area contributed by atoms with E-state index < -0.39 is 0 Å². The molecule has 3 rings (SSSR count). The Morgan fingerprint density at radius 3 is 2.42 bits per heavy atom. The highest BCUT2D eigenvalue weighted by Crippen LogP contribution is 2.13. The molecule has 0 atom stereocenters. The third kappa shape index (κ3) is 3.51. The van der Waals surface area contributed by atoms with Crippen molar-refractivity contribution in [3.63, 3.8) is 0 Å². The van der Waals surface area contributed by atoms with Crippen LogP contribution in [0.4, 0.5) is 11.4 Å². The number of anilines is 1. The van der Waals surface area contributed by atoms with E-state index in [2.05, 4.69) is 9.96 Å². The molecule has 1 aromatic heterocycles. The molecule has 0 radical (unpaired) electrons. The standard InChI is InChI=1S/C9H8N2.C6H5N2/c10-8-3-4-9-7(6-8)2-1-5-11-9;7-8-6-4-2-1-3-5-6/h1-6H,10H2;1-5H/q;+1. The average molecular weight is 249 g/mol. The maximum absolute atomic E-state index is 8.16. The van der Waals surface area contributed by atoms with Crippen LogP contribution >= 0.6 is 0 Å². The van der Waals surface area contributed by atoms with Crippen molar-refractivity contribution in [2.75, 3.05) is 5.73 Å². The fourth-order valence-corrected chi connectivity index (χ4v) is 1.59. The third-order valence-electron chi connectivity index (χ3n) is 2.50. The van der Waals surface area contributed by atoms with Crippen LogP contribution in [0, 0.1) is 5.39 Å². The fourth-order valence-electron chi connectivity index (χ4n) is 1.59. The van der Waals surface area contributed by atoms with Gasteiger partial charge >= 0.3 is 5.69 Å². The smallest absolute Gasteiger partial charge is 0.385 e. The second-order valence-electron chi connectivity index (χ2n) is 3.89. The van der Waals surface area contributed by atoms with E-state index in [1.165, 1.54) is 0 Å². The molecule has 0 spiro atoms. The molecule has 1 heterocycles. The minimum Gasteiger partial charge on any atom is -0.399 e. The maximum atomic E-state index is 8.16. The Kier molecular flexibility index (Phi) is 4.04. The molecule has 0 amide bonds. The number of fused-ring (bicyclic) bond motifs is 1. The number of hydrogen-bond acceptors (Lipinski definition) is 3. The monoisotopic (exact) mass is 249 g/mol. The second kappa shape index (κ2) is 6.12. The summed E-state index contributed by atoms with van der Waals surface area (Å²) in [5.74, 6) is 0. The number of nitrogens with two attached hydrogens (primary N) is 1. The van der Waals surface area contributed by atoms with E-state index in [1.807, 2.05) is 48.5 Å². The number of hydrogen-bond donors (Lipinski definition) is 1. The number of benzene rings is 2. The normalized spacial score (nSPS) is 9.21. The van der Waals surface area contributed by atoms with Gasteiger partial charge in [-0.2, -0.15) is 0 Å². The van der Waals surface area contributed by atoms with Crippen LogP contribution in [-0.4, -0.2) is 4.98 Å². The molecule has 0 aliphatic heterocycles. The molecular weight excluding hydrogens is 236 g/mol. The Morgan fingerprint density at radius 1 is 0.947 bits per heavy atom. The van der Waals surface area contributed by atoms with Gasteiger partial charge in [-0.05, 0) is 24.3 Å². The first-order valence-corrected chi connectivity index (χ1v) is 5.80. The maximum Gasteiger partial charge on any atom is 0.385 e. The molecule has 2 N–H and O–H groups in total. The van der Waals surface area contributed by atoms with Gasteiger partial charge < -0.3 is 5.73 Å². The lowest BCUT2D eigenvalue weighted by Crippen LogP contribution is -1.84. The predicted octanol–water partition coefficient (Wildman–Crippen LogP) is 3.99. The molecule has 0 unspecified atom stereocenters. The van der Waals surface area contributed by atoms with E-state index in [1.54, 1.807) is 18.3 Å². The van der Waals surface area contributed by atoms with Gasteiger partial charge in [0.05, 0.1) is 5.52 Å². The number of nitrogen functional groups attached to an aromatic ring is 1. The van der Waals surface area contributed by atoms with E-state index in [4.69, 9.17) is 11.1 Å². The number of aromatic nitrogens is 1. The zero-order valence-electron chi connectivity index (χ0n) is 10.3. The lowest BCUT2D eigenvalue weighted by Gasteiger charge is -1.96. The van der Waals surface area contributed by atoms with Crippen LogP contribution in [0.1, 0.15) is 0 Å². The first-order chi connectivity index (χ1) is 9.29. The third-order valence-corrected chi connectivity index (χ3v) is 2.50. The fraction of sp³-hybridized carbons (Fsp3) is 0. The molecular formula is C15H13N4+. The van der Waals surface area contributed by atoms with Crippen LogP contribution in [0.2, 0.25) is 0 Å². The quantitative estimate of drug-likeness (QED) is 0.484. The van der Waals surface area contributed by atoms with Crippen LogP contribution in [0.15, 0.2) is 66.9 Å². The molecule has 0 saturated carbocycles. The number of rotatable bonds is 0. The van der Waals surface area contributed by atoms with Crippen LogP contribution < -0.4 is 5.73 Å². The van der Waals surface area contributed by atoms with Gasteiger partial charge in [0, 0.05) is 29.4 Å². The highest BCUT2D eigenvalue weighted by molar-refractivity contribution is 5.81. The first-order valence-electron chi connectivity index (χ1n) is 5.80. The predicted molar refractivity (Wildman–Crippen MR) is 77.3 cm³/mol. The molecule has 0 saturated heterocycles. The summed E-state index contributed by atoms with van der Waals surface area (Å²) in [6.45, 7) is 0. The number of nitrogens with zero attached hydrogens (tertiary/aromatic N) is 3. The molecule has 0 aliphatic rings. The second-order valence-corrected chi connectivity index (χ2v) is 3.89. The summed E-state index contributed by atoms with van der Waals surface area (Å²) >= 11 is 0. The van der Waals surface area contributed by atoms with Crippen molar-refractivity contribution in [2.24, 2.45) is 0 Å². The molecule has 4 heteroatoms. The summed E-state index contributed by atoms with van der Waals surface area (Å²) in [5, 5.41) is 9.25. The minimum absolute atomic E-state index is 0.590. The molecule has 0 fully saturated rings. The summed E-state index contributed by atoms with van der Waals surface area (Å²) in [6, 6.07) is 18.5. The molecule has 4 nitrogen and oxygen atoms in total. The summed E-state index contributed by atoms with van der Waals surface area (Å²) in [5.41, 5.74) is 7.96. The first kappa shape index (κ1) is 12.5. The largest absolute Gasteiger partial charge is 0.399 e. The SMILES string of the molecule is N#[N+]c1ccccc1.Nc1ccc2ncccc2c1. The Bertz CT molecular complexity index is 702. The molecule has 0 aliphatic carbocycles. The van der Waals surface area contributed by atoms with Crippen LogP contribution in [0.3, 0.4) is 0 Å². The van der Waals surface area contributed by atoms with Crippen LogP contribution in [-0.2, 0) is 0 Å². The van der Waals surface area contributed by atoms with Gasteiger partial charge in [-0.25, -0.2) is 0 Å². The summed E-state index contributed by atoms with van der Waals surface area (Å²) in [7, 11) is 0. The van der Waals surface area contributed by atoms with E-state index in [-0.39, 0.29) is 0 Å². The minimum atomic E-state index is 0.590. The molecule has 3 aromatic rings. The topological polar surface area (TPSA) is 67.1 Å². The van der Waals surface area contributed by atoms with E-state index in [0.29, 0.717) is 5.69 Å². The number of diazo groups is 1. The van der Waals surface area contributed by atoms with Gasteiger partial charge in [0.25, 0.3) is 0 Å². The molecule has 2 aromatic carbocycles. The molecule has 19 heavy (non-hydrogen) atoms. The Labute approximate surface area is 111 Å². The van der Waals surface area contributed by atoms with Crippen molar-refractivity contribution in [2.45, 2.75) is 0 Å². The summed E-state index contributed by atoms with van der Waals surface area (Å²) in [4.78, 5) is 7.14. The van der Waals surface area contributed by atoms with Crippen molar-refractivity contribution in [3.05, 3.63) is 71.8 Å². The highest BCUT2D eigenvalue weighted by Gasteiger charge is 1.96. The van der Waals surface area contributed by atoms with E-state index in [9.17, 15) is 0 Å². The molecule has 92 valence electrons.